The number of nitro groups is 1. The van der Waals surface area contributed by atoms with Gasteiger partial charge in [0.15, 0.2) is 0 Å². The van der Waals surface area contributed by atoms with Crippen LogP contribution in [-0.2, 0) is 0 Å². The van der Waals surface area contributed by atoms with Crippen molar-refractivity contribution in [1.82, 2.24) is 0 Å². The lowest BCUT2D eigenvalue weighted by Crippen LogP contribution is -2.08. The first kappa shape index (κ1) is 16.9. The molecule has 6 nitrogen and oxygen atoms in total. The SMILES string of the molecule is CCCCCCCCNc1cc([N+](=O)[O-])ccc1C(=O)O. The number of nitrogens with zero attached hydrogens (tertiary/aromatic N) is 1. The topological polar surface area (TPSA) is 92.5 Å². The molecule has 0 aliphatic heterocycles. The van der Waals surface area contributed by atoms with Gasteiger partial charge in [-0.1, -0.05) is 39.0 Å². The van der Waals surface area contributed by atoms with Gasteiger partial charge < -0.3 is 10.4 Å². The Kier molecular flexibility index (Phi) is 7.21. The molecule has 0 saturated heterocycles. The van der Waals surface area contributed by atoms with E-state index < -0.39 is 10.9 Å². The zero-order valence-electron chi connectivity index (χ0n) is 12.3. The van der Waals surface area contributed by atoms with E-state index in [1.54, 1.807) is 0 Å². The summed E-state index contributed by atoms with van der Waals surface area (Å²) in [5, 5.41) is 22.8. The van der Waals surface area contributed by atoms with Gasteiger partial charge >= 0.3 is 5.97 Å². The van der Waals surface area contributed by atoms with Crippen molar-refractivity contribution in [3.05, 3.63) is 33.9 Å². The van der Waals surface area contributed by atoms with Crippen LogP contribution in [0.3, 0.4) is 0 Å². The zero-order chi connectivity index (χ0) is 15.7. The van der Waals surface area contributed by atoms with Crippen molar-refractivity contribution in [1.29, 1.82) is 0 Å². The van der Waals surface area contributed by atoms with Crippen LogP contribution in [0.4, 0.5) is 11.4 Å². The summed E-state index contributed by atoms with van der Waals surface area (Å²) in [6.07, 6.45) is 6.81. The van der Waals surface area contributed by atoms with Crippen molar-refractivity contribution in [3.8, 4) is 0 Å². The number of carbonyl (C=O) groups is 1. The maximum atomic E-state index is 11.1. The molecule has 0 fully saturated rings. The molecule has 0 atom stereocenters. The molecule has 2 N–H and O–H groups in total. The van der Waals surface area contributed by atoms with Gasteiger partial charge in [0.2, 0.25) is 0 Å². The van der Waals surface area contributed by atoms with E-state index >= 15 is 0 Å². The molecule has 0 aliphatic rings. The van der Waals surface area contributed by atoms with Gasteiger partial charge in [-0.05, 0) is 12.5 Å². The highest BCUT2D eigenvalue weighted by molar-refractivity contribution is 5.94. The fourth-order valence-corrected chi connectivity index (χ4v) is 2.11. The first-order valence-electron chi connectivity index (χ1n) is 7.32. The van der Waals surface area contributed by atoms with Crippen molar-refractivity contribution in [2.45, 2.75) is 45.4 Å². The molecule has 1 rings (SSSR count). The molecule has 1 aromatic rings. The number of unbranched alkanes of at least 4 members (excludes halogenated alkanes) is 5. The minimum atomic E-state index is -1.09. The monoisotopic (exact) mass is 294 g/mol. The average Bonchev–Trinajstić information content (AvgIpc) is 2.45. The van der Waals surface area contributed by atoms with Gasteiger partial charge in [-0.25, -0.2) is 4.79 Å². The number of aromatic carboxylic acids is 1. The molecule has 0 amide bonds. The number of non-ortho nitro benzene ring substituents is 1. The van der Waals surface area contributed by atoms with Crippen LogP contribution in [0.5, 0.6) is 0 Å². The highest BCUT2D eigenvalue weighted by atomic mass is 16.6. The van der Waals surface area contributed by atoms with Gasteiger partial charge in [0.05, 0.1) is 16.2 Å². The molecule has 0 bridgehead atoms. The zero-order valence-corrected chi connectivity index (χ0v) is 12.3. The van der Waals surface area contributed by atoms with Gasteiger partial charge in [0.25, 0.3) is 5.69 Å². The summed E-state index contributed by atoms with van der Waals surface area (Å²) in [5.41, 5.74) is 0.266. The number of carboxylic acids is 1. The van der Waals surface area contributed by atoms with Crippen LogP contribution >= 0.6 is 0 Å². The Bertz CT molecular complexity index is 489. The van der Waals surface area contributed by atoms with E-state index in [1.165, 1.54) is 37.5 Å². The minimum Gasteiger partial charge on any atom is -0.478 e. The van der Waals surface area contributed by atoms with E-state index in [-0.39, 0.29) is 11.3 Å². The maximum absolute atomic E-state index is 11.1. The second kappa shape index (κ2) is 8.94. The molecule has 6 heteroatoms. The molecule has 116 valence electrons. The number of rotatable bonds is 10. The lowest BCUT2D eigenvalue weighted by Gasteiger charge is -2.09. The van der Waals surface area contributed by atoms with Crippen molar-refractivity contribution < 1.29 is 14.8 Å². The third-order valence-electron chi connectivity index (χ3n) is 3.29. The van der Waals surface area contributed by atoms with E-state index in [4.69, 9.17) is 5.11 Å². The third-order valence-corrected chi connectivity index (χ3v) is 3.29. The second-order valence-corrected chi connectivity index (χ2v) is 4.99. The summed E-state index contributed by atoms with van der Waals surface area (Å²) in [6, 6.07) is 3.75. The number of nitro benzene ring substituents is 1. The molecule has 0 spiro atoms. The summed E-state index contributed by atoms with van der Waals surface area (Å²) in [5.74, 6) is -1.09. The highest BCUT2D eigenvalue weighted by Gasteiger charge is 2.14. The molecule has 0 saturated carbocycles. The standard InChI is InChI=1S/C15H22N2O4/c1-2-3-4-5-6-7-10-16-14-11-12(17(20)21)8-9-13(14)15(18)19/h8-9,11,16H,2-7,10H2,1H3,(H,18,19). The molecule has 0 aromatic heterocycles. The molecule has 1 aromatic carbocycles. The summed E-state index contributed by atoms with van der Waals surface area (Å²) < 4.78 is 0. The first-order valence-corrected chi connectivity index (χ1v) is 7.32. The van der Waals surface area contributed by atoms with Crippen LogP contribution in [0.25, 0.3) is 0 Å². The van der Waals surface area contributed by atoms with Gasteiger partial charge in [0.1, 0.15) is 0 Å². The first-order chi connectivity index (χ1) is 10.1. The quantitative estimate of drug-likeness (QED) is 0.385. The Morgan fingerprint density at radius 3 is 2.52 bits per heavy atom. The Labute approximate surface area is 124 Å². The van der Waals surface area contributed by atoms with Crippen LogP contribution in [0.15, 0.2) is 18.2 Å². The fourth-order valence-electron chi connectivity index (χ4n) is 2.11. The number of hydrogen-bond donors (Lipinski definition) is 2. The predicted molar refractivity (Wildman–Crippen MR) is 81.9 cm³/mol. The Morgan fingerprint density at radius 1 is 1.24 bits per heavy atom. The largest absolute Gasteiger partial charge is 0.478 e. The van der Waals surface area contributed by atoms with Crippen LogP contribution in [0.1, 0.15) is 55.8 Å². The van der Waals surface area contributed by atoms with Crippen LogP contribution in [-0.4, -0.2) is 22.5 Å². The smallest absolute Gasteiger partial charge is 0.337 e. The van der Waals surface area contributed by atoms with Crippen LogP contribution in [0.2, 0.25) is 0 Å². The van der Waals surface area contributed by atoms with Crippen LogP contribution in [0, 0.1) is 10.1 Å². The van der Waals surface area contributed by atoms with Crippen molar-refractivity contribution in [2.24, 2.45) is 0 Å². The molecular weight excluding hydrogens is 272 g/mol. The van der Waals surface area contributed by atoms with E-state index in [9.17, 15) is 14.9 Å². The van der Waals surface area contributed by atoms with Gasteiger partial charge in [-0.15, -0.1) is 0 Å². The Hall–Kier alpha value is -2.11. The molecule has 0 radical (unpaired) electrons. The van der Waals surface area contributed by atoms with Gasteiger partial charge in [0, 0.05) is 18.7 Å². The lowest BCUT2D eigenvalue weighted by atomic mass is 10.1. The van der Waals surface area contributed by atoms with Crippen molar-refractivity contribution in [3.63, 3.8) is 0 Å². The maximum Gasteiger partial charge on any atom is 0.337 e. The summed E-state index contributed by atoms with van der Waals surface area (Å²) >= 11 is 0. The van der Waals surface area contributed by atoms with Crippen molar-refractivity contribution in [2.75, 3.05) is 11.9 Å². The van der Waals surface area contributed by atoms with E-state index in [0.29, 0.717) is 12.2 Å². The summed E-state index contributed by atoms with van der Waals surface area (Å²) in [7, 11) is 0. The van der Waals surface area contributed by atoms with E-state index in [1.807, 2.05) is 0 Å². The van der Waals surface area contributed by atoms with Crippen LogP contribution < -0.4 is 5.32 Å². The summed E-state index contributed by atoms with van der Waals surface area (Å²) in [6.45, 7) is 2.78. The number of benzene rings is 1. The minimum absolute atomic E-state index is 0.0617. The fraction of sp³-hybridized carbons (Fsp3) is 0.533. The lowest BCUT2D eigenvalue weighted by molar-refractivity contribution is -0.384. The Morgan fingerprint density at radius 2 is 1.90 bits per heavy atom. The van der Waals surface area contributed by atoms with E-state index in [2.05, 4.69) is 12.2 Å². The highest BCUT2D eigenvalue weighted by Crippen LogP contribution is 2.22. The second-order valence-electron chi connectivity index (χ2n) is 4.99. The molecule has 0 heterocycles. The third kappa shape index (κ3) is 5.81. The Balaban J connectivity index is 2.53. The predicted octanol–water partition coefficient (Wildman–Crippen LogP) is 4.07. The van der Waals surface area contributed by atoms with Gasteiger partial charge in [-0.2, -0.15) is 0 Å². The van der Waals surface area contributed by atoms with Crippen molar-refractivity contribution >= 4 is 17.3 Å². The molecule has 0 aliphatic carbocycles. The molecule has 21 heavy (non-hydrogen) atoms. The molecule has 0 unspecified atom stereocenters. The number of anilines is 1. The average molecular weight is 294 g/mol. The molecular formula is C15H22N2O4. The van der Waals surface area contributed by atoms with E-state index in [0.717, 1.165) is 19.3 Å². The van der Waals surface area contributed by atoms with Gasteiger partial charge in [-0.3, -0.25) is 10.1 Å². The normalized spacial score (nSPS) is 10.3. The summed E-state index contributed by atoms with van der Waals surface area (Å²) in [4.78, 5) is 21.3. The number of carboxylic acid groups (broad SMARTS) is 1. The number of nitrogens with one attached hydrogen (secondary N) is 1. The number of hydrogen-bond acceptors (Lipinski definition) is 4.